The Labute approximate surface area is 109 Å². The van der Waals surface area contributed by atoms with Crippen LogP contribution in [0.15, 0.2) is 12.1 Å². The molecule has 3 nitrogen and oxygen atoms in total. The second-order valence-corrected chi connectivity index (χ2v) is 5.88. The summed E-state index contributed by atoms with van der Waals surface area (Å²) in [6.45, 7) is 11.3. The van der Waals surface area contributed by atoms with Crippen LogP contribution in [0.5, 0.6) is 0 Å². The van der Waals surface area contributed by atoms with Gasteiger partial charge >= 0.3 is 0 Å². The molecule has 98 valence electrons. The van der Waals surface area contributed by atoms with Gasteiger partial charge in [0.05, 0.1) is 11.0 Å². The van der Waals surface area contributed by atoms with Crippen molar-refractivity contribution >= 4 is 11.0 Å². The molecule has 0 saturated carbocycles. The molecule has 2 rings (SSSR count). The molecule has 0 aliphatic heterocycles. The summed E-state index contributed by atoms with van der Waals surface area (Å²) < 4.78 is 2.27. The number of rotatable bonds is 3. The zero-order chi connectivity index (χ0) is 13.5. The van der Waals surface area contributed by atoms with Crippen LogP contribution in [-0.2, 0) is 13.0 Å². The Balaban J connectivity index is 2.65. The molecular formula is C15H23N3. The highest BCUT2D eigenvalue weighted by Gasteiger charge is 2.17. The molecule has 1 heterocycles. The molecule has 18 heavy (non-hydrogen) atoms. The van der Waals surface area contributed by atoms with E-state index in [9.17, 15) is 0 Å². The summed E-state index contributed by atoms with van der Waals surface area (Å²) >= 11 is 0. The van der Waals surface area contributed by atoms with Crippen molar-refractivity contribution < 1.29 is 0 Å². The molecular weight excluding hydrogens is 222 g/mol. The van der Waals surface area contributed by atoms with E-state index in [4.69, 9.17) is 10.7 Å². The van der Waals surface area contributed by atoms with Gasteiger partial charge in [0, 0.05) is 18.5 Å². The summed E-state index contributed by atoms with van der Waals surface area (Å²) in [5.74, 6) is 1.12. The third kappa shape index (κ3) is 2.41. The van der Waals surface area contributed by atoms with Gasteiger partial charge in [-0.1, -0.05) is 6.92 Å². The lowest BCUT2D eigenvalue weighted by atomic mass is 10.1. The SMILES string of the molecule is CCc1nc2cc(C)c(C)cc2n1CC(C)(C)N. The molecule has 0 spiro atoms. The Morgan fingerprint density at radius 1 is 1.22 bits per heavy atom. The van der Waals surface area contributed by atoms with Crippen LogP contribution in [0.2, 0.25) is 0 Å². The van der Waals surface area contributed by atoms with E-state index in [0.29, 0.717) is 0 Å². The second kappa shape index (κ2) is 4.39. The normalized spacial score (nSPS) is 12.3. The first-order valence-corrected chi connectivity index (χ1v) is 6.57. The molecule has 1 aromatic heterocycles. The van der Waals surface area contributed by atoms with Crippen LogP contribution >= 0.6 is 0 Å². The number of hydrogen-bond donors (Lipinski definition) is 1. The van der Waals surface area contributed by atoms with Gasteiger partial charge in [0.15, 0.2) is 0 Å². The molecule has 0 unspecified atom stereocenters. The van der Waals surface area contributed by atoms with Gasteiger partial charge in [0.25, 0.3) is 0 Å². The van der Waals surface area contributed by atoms with E-state index in [-0.39, 0.29) is 5.54 Å². The Morgan fingerprint density at radius 3 is 2.39 bits per heavy atom. The molecule has 3 heteroatoms. The lowest BCUT2D eigenvalue weighted by Gasteiger charge is -2.21. The van der Waals surface area contributed by atoms with E-state index in [1.165, 1.54) is 16.6 Å². The van der Waals surface area contributed by atoms with Crippen molar-refractivity contribution in [2.75, 3.05) is 0 Å². The topological polar surface area (TPSA) is 43.8 Å². The van der Waals surface area contributed by atoms with E-state index >= 15 is 0 Å². The van der Waals surface area contributed by atoms with Gasteiger partial charge in [-0.25, -0.2) is 4.98 Å². The summed E-state index contributed by atoms with van der Waals surface area (Å²) in [4.78, 5) is 4.72. The first-order valence-electron chi connectivity index (χ1n) is 6.57. The molecule has 0 bridgehead atoms. The van der Waals surface area contributed by atoms with Gasteiger partial charge < -0.3 is 10.3 Å². The van der Waals surface area contributed by atoms with E-state index < -0.39 is 0 Å². The van der Waals surface area contributed by atoms with E-state index in [1.807, 2.05) is 0 Å². The molecule has 1 aromatic carbocycles. The average molecular weight is 245 g/mol. The molecule has 2 aromatic rings. The molecule has 0 fully saturated rings. The largest absolute Gasteiger partial charge is 0.326 e. The smallest absolute Gasteiger partial charge is 0.109 e. The standard InChI is InChI=1S/C15H23N3/c1-6-14-17-12-7-10(2)11(3)8-13(12)18(14)9-15(4,5)16/h7-8H,6,9,16H2,1-5H3. The Hall–Kier alpha value is -1.35. The Morgan fingerprint density at radius 2 is 1.83 bits per heavy atom. The van der Waals surface area contributed by atoms with Crippen LogP contribution in [0.25, 0.3) is 11.0 Å². The van der Waals surface area contributed by atoms with Crippen molar-refractivity contribution in [3.8, 4) is 0 Å². The number of aromatic nitrogens is 2. The number of nitrogens with zero attached hydrogens (tertiary/aromatic N) is 2. The van der Waals surface area contributed by atoms with E-state index in [1.54, 1.807) is 0 Å². The number of hydrogen-bond acceptors (Lipinski definition) is 2. The predicted octanol–water partition coefficient (Wildman–Crippen LogP) is 2.95. The van der Waals surface area contributed by atoms with Crippen molar-refractivity contribution in [1.29, 1.82) is 0 Å². The van der Waals surface area contributed by atoms with Crippen molar-refractivity contribution in [1.82, 2.24) is 9.55 Å². The van der Waals surface area contributed by atoms with Gasteiger partial charge in [-0.15, -0.1) is 0 Å². The van der Waals surface area contributed by atoms with E-state index in [2.05, 4.69) is 51.3 Å². The molecule has 0 saturated heterocycles. The first-order chi connectivity index (χ1) is 8.31. The van der Waals surface area contributed by atoms with Crippen molar-refractivity contribution in [3.63, 3.8) is 0 Å². The molecule has 0 radical (unpaired) electrons. The van der Waals surface area contributed by atoms with Gasteiger partial charge in [0.2, 0.25) is 0 Å². The van der Waals surface area contributed by atoms with E-state index in [0.717, 1.165) is 24.3 Å². The molecule has 0 aliphatic carbocycles. The maximum Gasteiger partial charge on any atom is 0.109 e. The third-order valence-corrected chi connectivity index (χ3v) is 3.32. The van der Waals surface area contributed by atoms with Crippen molar-refractivity contribution in [2.24, 2.45) is 5.73 Å². The lowest BCUT2D eigenvalue weighted by Crippen LogP contribution is -2.37. The highest BCUT2D eigenvalue weighted by molar-refractivity contribution is 5.78. The van der Waals surface area contributed by atoms with Gasteiger partial charge in [-0.2, -0.15) is 0 Å². The van der Waals surface area contributed by atoms with Gasteiger partial charge in [-0.05, 0) is 51.0 Å². The van der Waals surface area contributed by atoms with Crippen LogP contribution in [-0.4, -0.2) is 15.1 Å². The van der Waals surface area contributed by atoms with Crippen LogP contribution in [0, 0.1) is 13.8 Å². The highest BCUT2D eigenvalue weighted by Crippen LogP contribution is 2.22. The van der Waals surface area contributed by atoms with Crippen LogP contribution < -0.4 is 5.73 Å². The monoisotopic (exact) mass is 245 g/mol. The number of benzene rings is 1. The maximum atomic E-state index is 6.16. The Kier molecular flexibility index (Phi) is 3.20. The molecule has 0 aliphatic rings. The summed E-state index contributed by atoms with van der Waals surface area (Å²) in [5.41, 5.74) is 10.8. The molecule has 0 amide bonds. The Bertz CT molecular complexity index is 573. The first kappa shape index (κ1) is 13.1. The zero-order valence-corrected chi connectivity index (χ0v) is 12.0. The second-order valence-electron chi connectivity index (χ2n) is 5.88. The van der Waals surface area contributed by atoms with Gasteiger partial charge in [-0.3, -0.25) is 0 Å². The van der Waals surface area contributed by atoms with Crippen molar-refractivity contribution in [2.45, 2.75) is 53.1 Å². The quantitative estimate of drug-likeness (QED) is 0.903. The zero-order valence-electron chi connectivity index (χ0n) is 12.0. The molecule has 2 N–H and O–H groups in total. The van der Waals surface area contributed by atoms with Gasteiger partial charge in [0.1, 0.15) is 5.82 Å². The number of fused-ring (bicyclic) bond motifs is 1. The predicted molar refractivity (Wildman–Crippen MR) is 76.9 cm³/mol. The fraction of sp³-hybridized carbons (Fsp3) is 0.533. The number of aryl methyl sites for hydroxylation is 3. The van der Waals surface area contributed by atoms with Crippen molar-refractivity contribution in [3.05, 3.63) is 29.1 Å². The summed E-state index contributed by atoms with van der Waals surface area (Å²) in [6.07, 6.45) is 0.933. The fourth-order valence-electron chi connectivity index (χ4n) is 2.28. The van der Waals surface area contributed by atoms with Crippen LogP contribution in [0.4, 0.5) is 0 Å². The highest BCUT2D eigenvalue weighted by atomic mass is 15.1. The summed E-state index contributed by atoms with van der Waals surface area (Å²) in [5, 5.41) is 0. The lowest BCUT2D eigenvalue weighted by molar-refractivity contribution is 0.432. The third-order valence-electron chi connectivity index (χ3n) is 3.32. The minimum Gasteiger partial charge on any atom is -0.326 e. The summed E-state index contributed by atoms with van der Waals surface area (Å²) in [6, 6.07) is 4.40. The number of imidazole rings is 1. The minimum atomic E-state index is -0.226. The summed E-state index contributed by atoms with van der Waals surface area (Å²) in [7, 11) is 0. The van der Waals surface area contributed by atoms with Crippen LogP contribution in [0.3, 0.4) is 0 Å². The fourth-order valence-corrected chi connectivity index (χ4v) is 2.28. The number of nitrogens with two attached hydrogens (primary N) is 1. The maximum absolute atomic E-state index is 6.16. The van der Waals surface area contributed by atoms with Crippen LogP contribution in [0.1, 0.15) is 37.7 Å². The minimum absolute atomic E-state index is 0.226. The molecule has 0 atom stereocenters. The average Bonchev–Trinajstić information content (AvgIpc) is 2.55.